The smallest absolute Gasteiger partial charge is 0.150 e. The molecule has 3 unspecified atom stereocenters. The van der Waals surface area contributed by atoms with E-state index in [1.165, 1.54) is 12.8 Å². The Kier molecular flexibility index (Phi) is 5.22. The van der Waals surface area contributed by atoms with E-state index in [1.54, 1.807) is 6.92 Å². The lowest BCUT2D eigenvalue weighted by molar-refractivity contribution is -0.0600. The van der Waals surface area contributed by atoms with E-state index in [9.17, 15) is 8.42 Å². The van der Waals surface area contributed by atoms with Gasteiger partial charge < -0.3 is 10.5 Å². The van der Waals surface area contributed by atoms with Gasteiger partial charge in [-0.3, -0.25) is 4.90 Å². The molecule has 2 aliphatic rings. The summed E-state index contributed by atoms with van der Waals surface area (Å²) in [5, 5.41) is 0. The third-order valence-electron chi connectivity index (χ3n) is 4.33. The standard InChI is InChI=1S/C13H26N2O3S/c1-2-19(16,17)8-4-6-12(14)13-9-15-7-3-5-11(15)10-18-13/h11-13H,2-10,14H2,1H3. The zero-order chi connectivity index (χ0) is 13.9. The van der Waals surface area contributed by atoms with Gasteiger partial charge in [0.2, 0.25) is 0 Å². The van der Waals surface area contributed by atoms with Gasteiger partial charge in [-0.05, 0) is 32.2 Å². The zero-order valence-electron chi connectivity index (χ0n) is 11.8. The second-order valence-corrected chi connectivity index (χ2v) is 8.18. The highest BCUT2D eigenvalue weighted by molar-refractivity contribution is 7.91. The quantitative estimate of drug-likeness (QED) is 0.766. The minimum atomic E-state index is -2.87. The molecule has 2 fully saturated rings. The lowest BCUT2D eigenvalue weighted by atomic mass is 10.0. The molecule has 0 aliphatic carbocycles. The van der Waals surface area contributed by atoms with Gasteiger partial charge in [-0.1, -0.05) is 6.92 Å². The van der Waals surface area contributed by atoms with Crippen LogP contribution < -0.4 is 5.73 Å². The fourth-order valence-electron chi connectivity index (χ4n) is 2.97. The van der Waals surface area contributed by atoms with Gasteiger partial charge in [-0.2, -0.15) is 0 Å². The Morgan fingerprint density at radius 3 is 3.00 bits per heavy atom. The van der Waals surface area contributed by atoms with Crippen molar-refractivity contribution < 1.29 is 13.2 Å². The van der Waals surface area contributed by atoms with Crippen LogP contribution in [0.5, 0.6) is 0 Å². The topological polar surface area (TPSA) is 72.6 Å². The molecule has 0 aromatic carbocycles. The van der Waals surface area contributed by atoms with Crippen LogP contribution in [0.4, 0.5) is 0 Å². The van der Waals surface area contributed by atoms with Crippen LogP contribution in [0.25, 0.3) is 0 Å². The van der Waals surface area contributed by atoms with Crippen molar-refractivity contribution in [2.24, 2.45) is 5.73 Å². The SMILES string of the molecule is CCS(=O)(=O)CCCC(N)C1CN2CCCC2CO1. The molecule has 3 atom stereocenters. The number of hydrogen-bond donors (Lipinski definition) is 1. The molecule has 112 valence electrons. The molecule has 0 aromatic heterocycles. The summed E-state index contributed by atoms with van der Waals surface area (Å²) in [5.41, 5.74) is 6.16. The summed E-state index contributed by atoms with van der Waals surface area (Å²) < 4.78 is 28.7. The van der Waals surface area contributed by atoms with Crippen molar-refractivity contribution in [2.45, 2.75) is 50.8 Å². The average Bonchev–Trinajstić information content (AvgIpc) is 2.85. The summed E-state index contributed by atoms with van der Waals surface area (Å²) in [7, 11) is -2.87. The Morgan fingerprint density at radius 2 is 2.26 bits per heavy atom. The maximum atomic E-state index is 11.4. The monoisotopic (exact) mass is 290 g/mol. The van der Waals surface area contributed by atoms with E-state index in [0.29, 0.717) is 12.5 Å². The first-order chi connectivity index (χ1) is 9.02. The van der Waals surface area contributed by atoms with E-state index in [1.807, 2.05) is 0 Å². The third-order valence-corrected chi connectivity index (χ3v) is 6.12. The van der Waals surface area contributed by atoms with Crippen molar-refractivity contribution in [2.75, 3.05) is 31.2 Å². The number of morpholine rings is 1. The summed E-state index contributed by atoms with van der Waals surface area (Å²) in [6, 6.07) is 0.539. The molecule has 2 N–H and O–H groups in total. The molecule has 2 heterocycles. The van der Waals surface area contributed by atoms with E-state index in [4.69, 9.17) is 10.5 Å². The normalized spacial score (nSPS) is 30.2. The first-order valence-corrected chi connectivity index (χ1v) is 9.15. The van der Waals surface area contributed by atoms with Crippen LogP contribution in [0.2, 0.25) is 0 Å². The number of rotatable bonds is 6. The van der Waals surface area contributed by atoms with Crippen LogP contribution in [0.3, 0.4) is 0 Å². The largest absolute Gasteiger partial charge is 0.374 e. The van der Waals surface area contributed by atoms with E-state index in [0.717, 1.165) is 26.1 Å². The van der Waals surface area contributed by atoms with Crippen molar-refractivity contribution in [3.05, 3.63) is 0 Å². The first-order valence-electron chi connectivity index (χ1n) is 7.33. The van der Waals surface area contributed by atoms with Crippen molar-refractivity contribution in [1.82, 2.24) is 4.90 Å². The van der Waals surface area contributed by atoms with Crippen LogP contribution in [-0.2, 0) is 14.6 Å². The van der Waals surface area contributed by atoms with Crippen molar-refractivity contribution in [1.29, 1.82) is 0 Å². The minimum Gasteiger partial charge on any atom is -0.374 e. The lowest BCUT2D eigenvalue weighted by Gasteiger charge is -2.37. The number of fused-ring (bicyclic) bond motifs is 1. The first kappa shape index (κ1) is 15.2. The molecule has 0 spiro atoms. The molecule has 5 nitrogen and oxygen atoms in total. The Hall–Kier alpha value is -0.170. The van der Waals surface area contributed by atoms with Gasteiger partial charge >= 0.3 is 0 Å². The van der Waals surface area contributed by atoms with E-state index < -0.39 is 9.84 Å². The average molecular weight is 290 g/mol. The van der Waals surface area contributed by atoms with Gasteiger partial charge in [0.25, 0.3) is 0 Å². The van der Waals surface area contributed by atoms with Gasteiger partial charge in [-0.15, -0.1) is 0 Å². The highest BCUT2D eigenvalue weighted by Gasteiger charge is 2.34. The fraction of sp³-hybridized carbons (Fsp3) is 1.00. The molecule has 6 heteroatoms. The molecular weight excluding hydrogens is 264 g/mol. The predicted octanol–water partition coefficient (Wildman–Crippen LogP) is 0.392. The summed E-state index contributed by atoms with van der Waals surface area (Å²) in [6.45, 7) is 4.53. The highest BCUT2D eigenvalue weighted by Crippen LogP contribution is 2.24. The maximum Gasteiger partial charge on any atom is 0.150 e. The van der Waals surface area contributed by atoms with Crippen molar-refractivity contribution in [3.63, 3.8) is 0 Å². The number of nitrogens with two attached hydrogens (primary N) is 1. The van der Waals surface area contributed by atoms with Gasteiger partial charge in [-0.25, -0.2) is 8.42 Å². The van der Waals surface area contributed by atoms with Crippen molar-refractivity contribution in [3.8, 4) is 0 Å². The molecule has 0 radical (unpaired) electrons. The number of hydrogen-bond acceptors (Lipinski definition) is 5. The van der Waals surface area contributed by atoms with E-state index in [2.05, 4.69) is 4.90 Å². The van der Waals surface area contributed by atoms with Crippen LogP contribution in [-0.4, -0.2) is 62.7 Å². The Bertz CT molecular complexity index is 385. The molecule has 0 aromatic rings. The Morgan fingerprint density at radius 1 is 1.47 bits per heavy atom. The molecule has 0 saturated carbocycles. The van der Waals surface area contributed by atoms with E-state index >= 15 is 0 Å². The van der Waals surface area contributed by atoms with Crippen molar-refractivity contribution >= 4 is 9.84 Å². The second-order valence-electron chi connectivity index (χ2n) is 5.71. The van der Waals surface area contributed by atoms with Crippen LogP contribution in [0.15, 0.2) is 0 Å². The molecule has 0 amide bonds. The summed E-state index contributed by atoms with van der Waals surface area (Å²) in [4.78, 5) is 2.47. The fourth-order valence-corrected chi connectivity index (χ4v) is 3.87. The van der Waals surface area contributed by atoms with Gasteiger partial charge in [0.1, 0.15) is 9.84 Å². The Labute approximate surface area is 116 Å². The number of ether oxygens (including phenoxy) is 1. The lowest BCUT2D eigenvalue weighted by Crippen LogP contribution is -2.52. The predicted molar refractivity (Wildman–Crippen MR) is 75.9 cm³/mol. The van der Waals surface area contributed by atoms with Crippen LogP contribution in [0.1, 0.15) is 32.6 Å². The maximum absolute atomic E-state index is 11.4. The van der Waals surface area contributed by atoms with Crippen LogP contribution in [0, 0.1) is 0 Å². The minimum absolute atomic E-state index is 0.0476. The molecule has 2 saturated heterocycles. The molecular formula is C13H26N2O3S. The summed E-state index contributed by atoms with van der Waals surface area (Å²) in [6.07, 6.45) is 3.92. The summed E-state index contributed by atoms with van der Waals surface area (Å²) in [5.74, 6) is 0.466. The molecule has 0 bridgehead atoms. The molecule has 2 aliphatic heterocycles. The second kappa shape index (κ2) is 6.52. The summed E-state index contributed by atoms with van der Waals surface area (Å²) >= 11 is 0. The van der Waals surface area contributed by atoms with Gasteiger partial charge in [0.15, 0.2) is 0 Å². The zero-order valence-corrected chi connectivity index (χ0v) is 12.6. The van der Waals surface area contributed by atoms with Gasteiger partial charge in [0.05, 0.1) is 18.5 Å². The third kappa shape index (κ3) is 4.15. The molecule has 2 rings (SSSR count). The molecule has 19 heavy (non-hydrogen) atoms. The van der Waals surface area contributed by atoms with Crippen LogP contribution >= 0.6 is 0 Å². The Balaban J connectivity index is 1.73. The van der Waals surface area contributed by atoms with Gasteiger partial charge in [0, 0.05) is 24.4 Å². The van der Waals surface area contributed by atoms with E-state index in [-0.39, 0.29) is 23.7 Å². The number of sulfone groups is 1. The highest BCUT2D eigenvalue weighted by atomic mass is 32.2. The number of nitrogens with zero attached hydrogens (tertiary/aromatic N) is 1.